The van der Waals surface area contributed by atoms with Gasteiger partial charge in [-0.05, 0) is 59.8 Å². The maximum absolute atomic E-state index is 12.7. The molecule has 0 spiro atoms. The zero-order valence-corrected chi connectivity index (χ0v) is 17.7. The van der Waals surface area contributed by atoms with Crippen LogP contribution in [0.2, 0.25) is 0 Å². The van der Waals surface area contributed by atoms with E-state index in [0.717, 1.165) is 24.8 Å². The number of carbonyl (C=O) groups excluding carboxylic acids is 1. The lowest BCUT2D eigenvalue weighted by Crippen LogP contribution is -2.26. The summed E-state index contributed by atoms with van der Waals surface area (Å²) in [6.45, 7) is 11.1. The molecular weight excluding hydrogens is 352 g/mol. The van der Waals surface area contributed by atoms with Gasteiger partial charge in [0.2, 0.25) is 0 Å². The van der Waals surface area contributed by atoms with E-state index in [-0.39, 0.29) is 11.3 Å². The summed E-state index contributed by atoms with van der Waals surface area (Å²) in [6.07, 6.45) is 3.03. The van der Waals surface area contributed by atoms with Gasteiger partial charge in [-0.15, -0.1) is 11.3 Å². The highest BCUT2D eigenvalue weighted by Crippen LogP contribution is 2.44. The van der Waals surface area contributed by atoms with E-state index in [0.29, 0.717) is 28.0 Å². The van der Waals surface area contributed by atoms with Crippen LogP contribution in [0.4, 0.5) is 5.00 Å². The van der Waals surface area contributed by atoms with Gasteiger partial charge >= 0.3 is 0 Å². The molecule has 0 saturated carbocycles. The minimum absolute atomic E-state index is 0.146. The van der Waals surface area contributed by atoms with Crippen molar-refractivity contribution in [2.45, 2.75) is 59.8 Å². The van der Waals surface area contributed by atoms with E-state index >= 15 is 0 Å². The first-order valence-electron chi connectivity index (χ1n) is 9.66. The van der Waals surface area contributed by atoms with Crippen LogP contribution in [0.1, 0.15) is 78.9 Å². The highest BCUT2D eigenvalue weighted by Gasteiger charge is 2.32. The van der Waals surface area contributed by atoms with E-state index in [4.69, 9.17) is 0 Å². The van der Waals surface area contributed by atoms with Gasteiger partial charge < -0.3 is 5.32 Å². The van der Waals surface area contributed by atoms with Gasteiger partial charge in [0.25, 0.3) is 5.91 Å². The molecule has 0 bridgehead atoms. The van der Waals surface area contributed by atoms with Crippen molar-refractivity contribution in [3.8, 4) is 6.07 Å². The Balaban J connectivity index is 1.83. The lowest BCUT2D eigenvalue weighted by Gasteiger charge is -2.33. The summed E-state index contributed by atoms with van der Waals surface area (Å²) in [6, 6.07) is 10.1. The summed E-state index contributed by atoms with van der Waals surface area (Å²) < 4.78 is 0. The Morgan fingerprint density at radius 3 is 2.48 bits per heavy atom. The molecule has 3 nitrogen and oxygen atoms in total. The Kier molecular flexibility index (Phi) is 5.44. The van der Waals surface area contributed by atoms with Crippen LogP contribution in [0.25, 0.3) is 0 Å². The number of rotatable bonds is 3. The van der Waals surface area contributed by atoms with Crippen molar-refractivity contribution in [3.05, 3.63) is 51.4 Å². The molecule has 1 N–H and O–H groups in total. The van der Waals surface area contributed by atoms with Crippen LogP contribution in [0, 0.1) is 22.7 Å². The number of thiophene rings is 1. The summed E-state index contributed by atoms with van der Waals surface area (Å²) in [7, 11) is 0. The molecule has 0 unspecified atom stereocenters. The van der Waals surface area contributed by atoms with Crippen LogP contribution in [-0.2, 0) is 12.8 Å². The molecule has 1 aromatic carbocycles. The molecule has 0 saturated heterocycles. The predicted molar refractivity (Wildman–Crippen MR) is 112 cm³/mol. The fraction of sp³-hybridized carbons (Fsp3) is 0.478. The maximum atomic E-state index is 12.7. The van der Waals surface area contributed by atoms with Crippen molar-refractivity contribution in [1.29, 1.82) is 5.26 Å². The van der Waals surface area contributed by atoms with Crippen molar-refractivity contribution in [2.75, 3.05) is 5.32 Å². The van der Waals surface area contributed by atoms with Gasteiger partial charge in [0.05, 0.1) is 5.56 Å². The largest absolute Gasteiger partial charge is 0.312 e. The molecule has 3 rings (SSSR count). The van der Waals surface area contributed by atoms with E-state index in [1.54, 1.807) is 11.3 Å². The number of fused-ring (bicyclic) bond motifs is 1. The quantitative estimate of drug-likeness (QED) is 0.694. The number of benzene rings is 1. The third-order valence-electron chi connectivity index (χ3n) is 5.67. The van der Waals surface area contributed by atoms with Crippen molar-refractivity contribution in [3.63, 3.8) is 0 Å². The lowest BCUT2D eigenvalue weighted by molar-refractivity contribution is 0.102. The summed E-state index contributed by atoms with van der Waals surface area (Å²) in [5, 5.41) is 13.4. The Morgan fingerprint density at radius 1 is 1.26 bits per heavy atom. The smallest absolute Gasteiger partial charge is 0.256 e. The molecule has 1 heterocycles. The van der Waals surface area contributed by atoms with E-state index in [9.17, 15) is 10.1 Å². The van der Waals surface area contributed by atoms with Gasteiger partial charge in [0.1, 0.15) is 11.1 Å². The van der Waals surface area contributed by atoms with Gasteiger partial charge in [-0.1, -0.05) is 46.8 Å². The monoisotopic (exact) mass is 380 g/mol. The first-order chi connectivity index (χ1) is 12.7. The van der Waals surface area contributed by atoms with Gasteiger partial charge in [-0.2, -0.15) is 5.26 Å². The molecular formula is C23H28N2OS. The molecule has 1 aliphatic rings. The van der Waals surface area contributed by atoms with Gasteiger partial charge in [-0.3, -0.25) is 4.79 Å². The second-order valence-electron chi connectivity index (χ2n) is 8.86. The molecule has 1 atom stereocenters. The average molecular weight is 381 g/mol. The minimum Gasteiger partial charge on any atom is -0.312 e. The SMILES string of the molecule is CC(C)c1ccc(C(=O)Nc2sc3c(c2C#N)CC[C@H](C(C)(C)C)C3)cc1. The summed E-state index contributed by atoms with van der Waals surface area (Å²) in [4.78, 5) is 14.0. The third kappa shape index (κ3) is 4.09. The van der Waals surface area contributed by atoms with Crippen molar-refractivity contribution < 1.29 is 4.79 Å². The number of hydrogen-bond donors (Lipinski definition) is 1. The standard InChI is InChI=1S/C23H28N2OS/c1-14(2)15-6-8-16(9-7-15)21(26)25-22-19(13-24)18-11-10-17(23(3,4)5)12-20(18)27-22/h6-9,14,17H,10-12H2,1-5H3,(H,25,26)/t17-/m0/s1. The molecule has 1 aliphatic carbocycles. The Morgan fingerprint density at radius 2 is 1.93 bits per heavy atom. The maximum Gasteiger partial charge on any atom is 0.256 e. The molecule has 0 fully saturated rings. The lowest BCUT2D eigenvalue weighted by atomic mass is 9.72. The van der Waals surface area contributed by atoms with Gasteiger partial charge in [0, 0.05) is 10.4 Å². The molecule has 1 aromatic heterocycles. The summed E-state index contributed by atoms with van der Waals surface area (Å²) in [5.41, 5.74) is 3.91. The first-order valence-corrected chi connectivity index (χ1v) is 10.5. The average Bonchev–Trinajstić information content (AvgIpc) is 2.97. The number of hydrogen-bond acceptors (Lipinski definition) is 3. The van der Waals surface area contributed by atoms with Crippen molar-refractivity contribution in [2.24, 2.45) is 11.3 Å². The minimum atomic E-state index is -0.146. The molecule has 4 heteroatoms. The van der Waals surface area contributed by atoms with Crippen LogP contribution in [-0.4, -0.2) is 5.91 Å². The van der Waals surface area contributed by atoms with Crippen LogP contribution in [0.5, 0.6) is 0 Å². The molecule has 2 aromatic rings. The molecule has 0 radical (unpaired) electrons. The number of anilines is 1. The zero-order chi connectivity index (χ0) is 19.8. The highest BCUT2D eigenvalue weighted by molar-refractivity contribution is 7.16. The number of nitrogens with zero attached hydrogens (tertiary/aromatic N) is 1. The van der Waals surface area contributed by atoms with E-state index < -0.39 is 0 Å². The van der Waals surface area contributed by atoms with Gasteiger partial charge in [-0.25, -0.2) is 0 Å². The van der Waals surface area contributed by atoms with E-state index in [1.807, 2.05) is 24.3 Å². The molecule has 0 aliphatic heterocycles. The summed E-state index contributed by atoms with van der Waals surface area (Å²) in [5.74, 6) is 0.905. The number of carbonyl (C=O) groups is 1. The fourth-order valence-corrected chi connectivity index (χ4v) is 5.00. The van der Waals surface area contributed by atoms with Crippen LogP contribution in [0.3, 0.4) is 0 Å². The fourth-order valence-electron chi connectivity index (χ4n) is 3.73. The number of amides is 1. The molecule has 1 amide bonds. The van der Waals surface area contributed by atoms with Gasteiger partial charge in [0.15, 0.2) is 0 Å². The predicted octanol–water partition coefficient (Wildman–Crippen LogP) is 6.15. The number of nitriles is 1. The first kappa shape index (κ1) is 19.6. The topological polar surface area (TPSA) is 52.9 Å². The van der Waals surface area contributed by atoms with Crippen LogP contribution >= 0.6 is 11.3 Å². The Hall–Kier alpha value is -2.12. The van der Waals surface area contributed by atoms with Crippen molar-refractivity contribution >= 4 is 22.2 Å². The van der Waals surface area contributed by atoms with Crippen LogP contribution < -0.4 is 5.32 Å². The molecule has 27 heavy (non-hydrogen) atoms. The van der Waals surface area contributed by atoms with E-state index in [1.165, 1.54) is 10.4 Å². The second kappa shape index (κ2) is 7.48. The van der Waals surface area contributed by atoms with Crippen LogP contribution in [0.15, 0.2) is 24.3 Å². The van der Waals surface area contributed by atoms with E-state index in [2.05, 4.69) is 46.0 Å². The zero-order valence-electron chi connectivity index (χ0n) is 16.8. The Labute approximate surface area is 166 Å². The third-order valence-corrected chi connectivity index (χ3v) is 6.84. The summed E-state index contributed by atoms with van der Waals surface area (Å²) >= 11 is 1.58. The molecule has 142 valence electrons. The number of nitrogens with one attached hydrogen (secondary N) is 1. The van der Waals surface area contributed by atoms with Crippen molar-refractivity contribution in [1.82, 2.24) is 0 Å². The second-order valence-corrected chi connectivity index (χ2v) is 9.96. The Bertz CT molecular complexity index is 879. The highest BCUT2D eigenvalue weighted by atomic mass is 32.1. The normalized spacial score (nSPS) is 16.7.